The summed E-state index contributed by atoms with van der Waals surface area (Å²) in [6.07, 6.45) is 0. The Bertz CT molecular complexity index is 419. The fourth-order valence-electron chi connectivity index (χ4n) is 2.04. The molecule has 0 fully saturated rings. The van der Waals surface area contributed by atoms with Crippen LogP contribution in [0.25, 0.3) is 0 Å². The normalized spacial score (nSPS) is 15.6. The molecule has 4 nitrogen and oxygen atoms in total. The maximum absolute atomic E-state index is 5.79. The average Bonchev–Trinajstić information content (AvgIpc) is 2.35. The minimum absolute atomic E-state index is 0.270. The summed E-state index contributed by atoms with van der Waals surface area (Å²) in [6, 6.07) is 4.30. The standard InChI is InChI=1S/C14H22N2O2/c1-9(2)12(8-15)16-11-7-14-13(6-10(11)3)17-4-5-18-14/h6-7,9,12,16H,4-5,8,15H2,1-3H3. The summed E-state index contributed by atoms with van der Waals surface area (Å²) in [4.78, 5) is 0. The molecule has 0 spiro atoms. The van der Waals surface area contributed by atoms with Gasteiger partial charge in [-0.05, 0) is 24.5 Å². The second-order valence-electron chi connectivity index (χ2n) is 5.04. The van der Waals surface area contributed by atoms with Crippen molar-refractivity contribution in [2.75, 3.05) is 25.1 Å². The first-order valence-electron chi connectivity index (χ1n) is 6.48. The Morgan fingerprint density at radius 3 is 2.39 bits per heavy atom. The summed E-state index contributed by atoms with van der Waals surface area (Å²) in [5, 5.41) is 3.49. The third-order valence-electron chi connectivity index (χ3n) is 3.29. The number of nitrogens with two attached hydrogens (primary N) is 1. The van der Waals surface area contributed by atoms with Gasteiger partial charge in [0.25, 0.3) is 0 Å². The van der Waals surface area contributed by atoms with Crippen LogP contribution in [0.2, 0.25) is 0 Å². The Balaban J connectivity index is 2.22. The highest BCUT2D eigenvalue weighted by Gasteiger charge is 2.17. The largest absolute Gasteiger partial charge is 0.486 e. The summed E-state index contributed by atoms with van der Waals surface area (Å²) in [7, 11) is 0. The summed E-state index contributed by atoms with van der Waals surface area (Å²) < 4.78 is 11.2. The molecule has 0 bridgehead atoms. The number of rotatable bonds is 4. The predicted molar refractivity (Wildman–Crippen MR) is 73.5 cm³/mol. The third kappa shape index (κ3) is 2.70. The number of anilines is 1. The molecule has 18 heavy (non-hydrogen) atoms. The lowest BCUT2D eigenvalue weighted by molar-refractivity contribution is 0.171. The van der Waals surface area contributed by atoms with Gasteiger partial charge in [0.15, 0.2) is 11.5 Å². The van der Waals surface area contributed by atoms with Crippen molar-refractivity contribution >= 4 is 5.69 Å². The topological polar surface area (TPSA) is 56.5 Å². The minimum Gasteiger partial charge on any atom is -0.486 e. The molecule has 1 atom stereocenters. The third-order valence-corrected chi connectivity index (χ3v) is 3.29. The molecule has 100 valence electrons. The van der Waals surface area contributed by atoms with E-state index in [0.717, 1.165) is 22.7 Å². The van der Waals surface area contributed by atoms with Crippen molar-refractivity contribution in [1.29, 1.82) is 0 Å². The highest BCUT2D eigenvalue weighted by Crippen LogP contribution is 2.35. The number of fused-ring (bicyclic) bond motifs is 1. The molecule has 1 unspecified atom stereocenters. The highest BCUT2D eigenvalue weighted by molar-refractivity contribution is 5.61. The molecule has 0 saturated heterocycles. The van der Waals surface area contributed by atoms with Crippen LogP contribution in [0.5, 0.6) is 11.5 Å². The van der Waals surface area contributed by atoms with Gasteiger partial charge >= 0.3 is 0 Å². The van der Waals surface area contributed by atoms with Crippen molar-refractivity contribution in [2.45, 2.75) is 26.8 Å². The molecule has 3 N–H and O–H groups in total. The van der Waals surface area contributed by atoms with E-state index in [-0.39, 0.29) is 6.04 Å². The van der Waals surface area contributed by atoms with Crippen LogP contribution in [-0.4, -0.2) is 25.8 Å². The molecule has 0 saturated carbocycles. The molecule has 2 rings (SSSR count). The first-order chi connectivity index (χ1) is 8.61. The Labute approximate surface area is 108 Å². The van der Waals surface area contributed by atoms with Crippen LogP contribution in [0.4, 0.5) is 5.69 Å². The summed E-state index contributed by atoms with van der Waals surface area (Å²) in [5.74, 6) is 2.13. The van der Waals surface area contributed by atoms with Gasteiger partial charge in [0.2, 0.25) is 0 Å². The van der Waals surface area contributed by atoms with Crippen molar-refractivity contribution in [1.82, 2.24) is 0 Å². The van der Waals surface area contributed by atoms with Gasteiger partial charge in [-0.15, -0.1) is 0 Å². The number of benzene rings is 1. The molecule has 1 aromatic rings. The van der Waals surface area contributed by atoms with E-state index < -0.39 is 0 Å². The van der Waals surface area contributed by atoms with E-state index in [1.165, 1.54) is 0 Å². The fourth-order valence-corrected chi connectivity index (χ4v) is 2.04. The van der Waals surface area contributed by atoms with Crippen LogP contribution in [0.15, 0.2) is 12.1 Å². The van der Waals surface area contributed by atoms with E-state index in [2.05, 4.69) is 26.1 Å². The lowest BCUT2D eigenvalue weighted by atomic mass is 10.0. The Kier molecular flexibility index (Phi) is 3.97. The Hall–Kier alpha value is -1.42. The van der Waals surface area contributed by atoms with Crippen LogP contribution in [-0.2, 0) is 0 Å². The van der Waals surface area contributed by atoms with Crippen molar-refractivity contribution in [3.63, 3.8) is 0 Å². The Morgan fingerprint density at radius 2 is 1.83 bits per heavy atom. The molecule has 1 aromatic carbocycles. The number of hydrogen-bond acceptors (Lipinski definition) is 4. The van der Waals surface area contributed by atoms with Crippen LogP contribution >= 0.6 is 0 Å². The van der Waals surface area contributed by atoms with E-state index in [9.17, 15) is 0 Å². The zero-order chi connectivity index (χ0) is 13.1. The Morgan fingerprint density at radius 1 is 1.22 bits per heavy atom. The first kappa shape index (κ1) is 13.0. The number of nitrogens with one attached hydrogen (secondary N) is 1. The molecule has 1 aliphatic rings. The van der Waals surface area contributed by atoms with Crippen molar-refractivity contribution < 1.29 is 9.47 Å². The first-order valence-corrected chi connectivity index (χ1v) is 6.48. The number of aryl methyl sites for hydroxylation is 1. The quantitative estimate of drug-likeness (QED) is 0.860. The van der Waals surface area contributed by atoms with Gasteiger partial charge in [0, 0.05) is 24.3 Å². The number of ether oxygens (including phenoxy) is 2. The van der Waals surface area contributed by atoms with Crippen LogP contribution in [0.3, 0.4) is 0 Å². The molecular formula is C14H22N2O2. The summed E-state index contributed by atoms with van der Waals surface area (Å²) in [6.45, 7) is 8.24. The highest BCUT2D eigenvalue weighted by atomic mass is 16.6. The van der Waals surface area contributed by atoms with Crippen LogP contribution in [0, 0.1) is 12.8 Å². The van der Waals surface area contributed by atoms with Gasteiger partial charge in [0.05, 0.1) is 0 Å². The van der Waals surface area contributed by atoms with Gasteiger partial charge in [-0.2, -0.15) is 0 Å². The smallest absolute Gasteiger partial charge is 0.163 e. The van der Waals surface area contributed by atoms with Crippen molar-refractivity contribution in [3.8, 4) is 11.5 Å². The molecule has 0 aliphatic carbocycles. The molecular weight excluding hydrogens is 228 g/mol. The number of hydrogen-bond donors (Lipinski definition) is 2. The monoisotopic (exact) mass is 250 g/mol. The van der Waals surface area contributed by atoms with Gasteiger partial charge in [-0.3, -0.25) is 0 Å². The lowest BCUT2D eigenvalue weighted by Gasteiger charge is -2.25. The zero-order valence-electron chi connectivity index (χ0n) is 11.3. The average molecular weight is 250 g/mol. The zero-order valence-corrected chi connectivity index (χ0v) is 11.3. The van der Waals surface area contributed by atoms with Gasteiger partial charge < -0.3 is 20.5 Å². The predicted octanol–water partition coefficient (Wildman–Crippen LogP) is 2.16. The molecule has 1 aliphatic heterocycles. The second kappa shape index (κ2) is 5.48. The van der Waals surface area contributed by atoms with Crippen molar-refractivity contribution in [2.24, 2.45) is 11.7 Å². The summed E-state index contributed by atoms with van der Waals surface area (Å²) >= 11 is 0. The van der Waals surface area contributed by atoms with E-state index >= 15 is 0 Å². The van der Waals surface area contributed by atoms with Gasteiger partial charge in [-0.25, -0.2) is 0 Å². The fraction of sp³-hybridized carbons (Fsp3) is 0.571. The molecule has 1 heterocycles. The van der Waals surface area contributed by atoms with Gasteiger partial charge in [-0.1, -0.05) is 13.8 Å². The van der Waals surface area contributed by atoms with E-state index in [0.29, 0.717) is 25.7 Å². The molecule has 0 aromatic heterocycles. The minimum atomic E-state index is 0.270. The molecule has 0 amide bonds. The van der Waals surface area contributed by atoms with Crippen LogP contribution < -0.4 is 20.5 Å². The van der Waals surface area contributed by atoms with Crippen molar-refractivity contribution in [3.05, 3.63) is 17.7 Å². The van der Waals surface area contributed by atoms with Crippen LogP contribution in [0.1, 0.15) is 19.4 Å². The van der Waals surface area contributed by atoms with Gasteiger partial charge in [0.1, 0.15) is 13.2 Å². The molecule has 0 radical (unpaired) electrons. The maximum Gasteiger partial charge on any atom is 0.163 e. The van der Waals surface area contributed by atoms with E-state index in [1.54, 1.807) is 0 Å². The maximum atomic E-state index is 5.79. The van der Waals surface area contributed by atoms with E-state index in [4.69, 9.17) is 15.2 Å². The molecule has 4 heteroatoms. The SMILES string of the molecule is Cc1cc2c(cc1NC(CN)C(C)C)OCCO2. The lowest BCUT2D eigenvalue weighted by Crippen LogP contribution is -2.34. The van der Waals surface area contributed by atoms with E-state index in [1.807, 2.05) is 12.1 Å². The summed E-state index contributed by atoms with van der Waals surface area (Å²) in [5.41, 5.74) is 8.01. The second-order valence-corrected chi connectivity index (χ2v) is 5.04.